The lowest BCUT2D eigenvalue weighted by molar-refractivity contribution is 0.384. The number of benzene rings is 2. The zero-order valence-electron chi connectivity index (χ0n) is 12.1. The molecule has 1 heterocycles. The Morgan fingerprint density at radius 2 is 2.00 bits per heavy atom. The largest absolute Gasteiger partial charge is 0.376 e. The number of nitrogens with zero attached hydrogens (tertiary/aromatic N) is 3. The van der Waals surface area contributed by atoms with Gasteiger partial charge in [0.2, 0.25) is 11.7 Å². The maximum absolute atomic E-state index is 8.88. The molecule has 0 saturated heterocycles. The summed E-state index contributed by atoms with van der Waals surface area (Å²) in [7, 11) is 0. The maximum atomic E-state index is 8.88. The molecule has 5 heteroatoms. The van der Waals surface area contributed by atoms with E-state index in [0.717, 1.165) is 11.3 Å². The van der Waals surface area contributed by atoms with Gasteiger partial charge in [-0.2, -0.15) is 10.2 Å². The molecule has 0 fully saturated rings. The first-order chi connectivity index (χ1) is 10.7. The minimum atomic E-state index is 0.410. The third-order valence-corrected chi connectivity index (χ3v) is 3.21. The van der Waals surface area contributed by atoms with Gasteiger partial charge in [-0.05, 0) is 25.1 Å². The van der Waals surface area contributed by atoms with Crippen molar-refractivity contribution in [2.24, 2.45) is 0 Å². The lowest BCUT2D eigenvalue weighted by Crippen LogP contribution is -1.99. The molecular formula is C17H14N4O. The van der Waals surface area contributed by atoms with Crippen LogP contribution in [0.25, 0.3) is 11.4 Å². The summed E-state index contributed by atoms with van der Waals surface area (Å²) in [6, 6.07) is 17.3. The quantitative estimate of drug-likeness (QED) is 0.795. The molecule has 1 aromatic heterocycles. The molecule has 0 atom stereocenters. The van der Waals surface area contributed by atoms with Gasteiger partial charge in [0.1, 0.15) is 0 Å². The normalized spacial score (nSPS) is 10.2. The van der Waals surface area contributed by atoms with Crippen molar-refractivity contribution in [3.8, 4) is 17.5 Å². The molecule has 0 spiro atoms. The van der Waals surface area contributed by atoms with E-state index < -0.39 is 0 Å². The molecule has 0 radical (unpaired) electrons. The van der Waals surface area contributed by atoms with Gasteiger partial charge in [-0.25, -0.2) is 0 Å². The smallest absolute Gasteiger partial charge is 0.246 e. The van der Waals surface area contributed by atoms with Crippen LogP contribution in [0.5, 0.6) is 0 Å². The first kappa shape index (κ1) is 13.8. The van der Waals surface area contributed by atoms with Crippen LogP contribution in [-0.4, -0.2) is 10.1 Å². The fraction of sp³-hybridized carbons (Fsp3) is 0.118. The van der Waals surface area contributed by atoms with Gasteiger partial charge in [0.05, 0.1) is 18.2 Å². The summed E-state index contributed by atoms with van der Waals surface area (Å²) in [5.74, 6) is 1.07. The monoisotopic (exact) mass is 290 g/mol. The summed E-state index contributed by atoms with van der Waals surface area (Å²) in [6.07, 6.45) is 0. The first-order valence-corrected chi connectivity index (χ1v) is 6.88. The van der Waals surface area contributed by atoms with Crippen LogP contribution in [0.1, 0.15) is 17.0 Å². The van der Waals surface area contributed by atoms with Crippen LogP contribution in [0, 0.1) is 18.3 Å². The van der Waals surface area contributed by atoms with Gasteiger partial charge in [-0.15, -0.1) is 0 Å². The van der Waals surface area contributed by atoms with Gasteiger partial charge in [-0.1, -0.05) is 41.1 Å². The number of nitrogens with one attached hydrogen (secondary N) is 1. The van der Waals surface area contributed by atoms with Crippen molar-refractivity contribution in [1.29, 1.82) is 5.26 Å². The Morgan fingerprint density at radius 1 is 1.18 bits per heavy atom. The minimum Gasteiger partial charge on any atom is -0.376 e. The lowest BCUT2D eigenvalue weighted by atomic mass is 10.1. The zero-order chi connectivity index (χ0) is 15.4. The van der Waals surface area contributed by atoms with Crippen LogP contribution in [0.3, 0.4) is 0 Å². The number of aryl methyl sites for hydroxylation is 1. The van der Waals surface area contributed by atoms with Gasteiger partial charge in [-0.3, -0.25) is 0 Å². The SMILES string of the molecule is Cc1ccc(-c2noc(CNc3cccc(C#N)c3)n2)cc1. The van der Waals surface area contributed by atoms with Crippen molar-refractivity contribution in [2.45, 2.75) is 13.5 Å². The highest BCUT2D eigenvalue weighted by molar-refractivity contribution is 5.54. The number of rotatable bonds is 4. The van der Waals surface area contributed by atoms with E-state index in [-0.39, 0.29) is 0 Å². The molecule has 0 unspecified atom stereocenters. The molecule has 0 aliphatic heterocycles. The molecule has 0 amide bonds. The van der Waals surface area contributed by atoms with Crippen molar-refractivity contribution >= 4 is 5.69 Å². The predicted molar refractivity (Wildman–Crippen MR) is 83.0 cm³/mol. The third-order valence-electron chi connectivity index (χ3n) is 3.21. The average molecular weight is 290 g/mol. The Kier molecular flexibility index (Phi) is 3.84. The highest BCUT2D eigenvalue weighted by atomic mass is 16.5. The topological polar surface area (TPSA) is 74.7 Å². The second-order valence-corrected chi connectivity index (χ2v) is 4.92. The Bertz CT molecular complexity index is 815. The predicted octanol–water partition coefficient (Wildman–Crippen LogP) is 3.53. The molecule has 0 bridgehead atoms. The van der Waals surface area contributed by atoms with Crippen LogP contribution >= 0.6 is 0 Å². The van der Waals surface area contributed by atoms with E-state index >= 15 is 0 Å². The molecule has 3 rings (SSSR count). The standard InChI is InChI=1S/C17H14N4O/c1-12-5-7-14(8-6-12)17-20-16(22-21-17)11-19-15-4-2-3-13(9-15)10-18/h2-9,19H,11H2,1H3. The van der Waals surface area contributed by atoms with Crippen LogP contribution in [0.4, 0.5) is 5.69 Å². The molecule has 0 aliphatic rings. The Morgan fingerprint density at radius 3 is 2.77 bits per heavy atom. The van der Waals surface area contributed by atoms with Crippen molar-refractivity contribution < 1.29 is 4.52 Å². The second kappa shape index (κ2) is 6.10. The van der Waals surface area contributed by atoms with E-state index in [2.05, 4.69) is 21.5 Å². The summed E-state index contributed by atoms with van der Waals surface area (Å²) in [4.78, 5) is 4.36. The molecule has 22 heavy (non-hydrogen) atoms. The van der Waals surface area contributed by atoms with Gasteiger partial charge in [0.25, 0.3) is 0 Å². The van der Waals surface area contributed by atoms with E-state index in [1.165, 1.54) is 5.56 Å². The van der Waals surface area contributed by atoms with Crippen molar-refractivity contribution in [1.82, 2.24) is 10.1 Å². The van der Waals surface area contributed by atoms with E-state index in [1.54, 1.807) is 12.1 Å². The van der Waals surface area contributed by atoms with Crippen LogP contribution < -0.4 is 5.32 Å². The zero-order valence-corrected chi connectivity index (χ0v) is 12.1. The van der Waals surface area contributed by atoms with Crippen LogP contribution in [0.2, 0.25) is 0 Å². The van der Waals surface area contributed by atoms with E-state index in [9.17, 15) is 0 Å². The first-order valence-electron chi connectivity index (χ1n) is 6.88. The number of nitriles is 1. The lowest BCUT2D eigenvalue weighted by Gasteiger charge is -2.02. The number of hydrogen-bond acceptors (Lipinski definition) is 5. The molecule has 0 saturated carbocycles. The third kappa shape index (κ3) is 3.13. The molecule has 2 aromatic carbocycles. The summed E-state index contributed by atoms with van der Waals surface area (Å²) in [5.41, 5.74) is 3.56. The molecule has 108 valence electrons. The average Bonchev–Trinajstić information content (AvgIpc) is 3.03. The van der Waals surface area contributed by atoms with Crippen LogP contribution in [0.15, 0.2) is 53.1 Å². The van der Waals surface area contributed by atoms with Crippen molar-refractivity contribution in [2.75, 3.05) is 5.32 Å². The molecule has 5 nitrogen and oxygen atoms in total. The van der Waals surface area contributed by atoms with Crippen molar-refractivity contribution in [3.05, 3.63) is 65.5 Å². The maximum Gasteiger partial charge on any atom is 0.246 e. The fourth-order valence-corrected chi connectivity index (χ4v) is 2.02. The minimum absolute atomic E-state index is 0.410. The number of hydrogen-bond donors (Lipinski definition) is 1. The Balaban J connectivity index is 1.69. The Labute approximate surface area is 128 Å². The van der Waals surface area contributed by atoms with Gasteiger partial charge >= 0.3 is 0 Å². The van der Waals surface area contributed by atoms with Gasteiger partial charge in [0.15, 0.2) is 0 Å². The summed E-state index contributed by atoms with van der Waals surface area (Å²) >= 11 is 0. The molecule has 3 aromatic rings. The number of anilines is 1. The Hall–Kier alpha value is -3.13. The van der Waals surface area contributed by atoms with Crippen molar-refractivity contribution in [3.63, 3.8) is 0 Å². The van der Waals surface area contributed by atoms with Gasteiger partial charge < -0.3 is 9.84 Å². The van der Waals surface area contributed by atoms with Crippen LogP contribution in [-0.2, 0) is 6.54 Å². The summed E-state index contributed by atoms with van der Waals surface area (Å²) < 4.78 is 5.24. The second-order valence-electron chi connectivity index (χ2n) is 4.92. The van der Waals surface area contributed by atoms with Gasteiger partial charge in [0, 0.05) is 11.3 Å². The molecular weight excluding hydrogens is 276 g/mol. The highest BCUT2D eigenvalue weighted by Crippen LogP contribution is 2.17. The summed E-state index contributed by atoms with van der Waals surface area (Å²) in [6.45, 7) is 2.44. The van der Waals surface area contributed by atoms with E-state index in [1.807, 2.05) is 43.3 Å². The fourth-order valence-electron chi connectivity index (χ4n) is 2.02. The summed E-state index contributed by atoms with van der Waals surface area (Å²) in [5, 5.41) is 16.0. The van der Waals surface area contributed by atoms with E-state index in [0.29, 0.717) is 23.8 Å². The van der Waals surface area contributed by atoms with E-state index in [4.69, 9.17) is 9.78 Å². The number of aromatic nitrogens is 2. The molecule has 0 aliphatic carbocycles. The molecule has 1 N–H and O–H groups in total. The highest BCUT2D eigenvalue weighted by Gasteiger charge is 2.08.